The number of anilines is 2. The standard InChI is InChI=1S/C14H19N3O/c1-4-14(2,3)10-5-7-11(8-6-10)15-12-9-13(18)17-16-12/h5-9H,4H2,1-3H3,(H3,15,16,17,18). The first-order chi connectivity index (χ1) is 8.51. The second-order valence-corrected chi connectivity index (χ2v) is 5.11. The van der Waals surface area contributed by atoms with Crippen LogP contribution >= 0.6 is 0 Å². The monoisotopic (exact) mass is 245 g/mol. The minimum atomic E-state index is -0.138. The van der Waals surface area contributed by atoms with E-state index in [0.29, 0.717) is 5.82 Å². The van der Waals surface area contributed by atoms with E-state index < -0.39 is 0 Å². The van der Waals surface area contributed by atoms with Crippen LogP contribution in [0.2, 0.25) is 0 Å². The lowest BCUT2D eigenvalue weighted by molar-refractivity contribution is 0.506. The Kier molecular flexibility index (Phi) is 3.28. The van der Waals surface area contributed by atoms with Gasteiger partial charge in [0.2, 0.25) is 0 Å². The molecule has 0 fully saturated rings. The number of hydrogen-bond donors (Lipinski definition) is 3. The summed E-state index contributed by atoms with van der Waals surface area (Å²) in [6.45, 7) is 6.66. The highest BCUT2D eigenvalue weighted by Crippen LogP contribution is 2.27. The normalized spacial score (nSPS) is 11.5. The summed E-state index contributed by atoms with van der Waals surface area (Å²) in [6, 6.07) is 9.78. The lowest BCUT2D eigenvalue weighted by atomic mass is 9.82. The molecule has 96 valence electrons. The van der Waals surface area contributed by atoms with Crippen molar-refractivity contribution < 1.29 is 0 Å². The van der Waals surface area contributed by atoms with Gasteiger partial charge in [0, 0.05) is 11.8 Å². The molecular weight excluding hydrogens is 226 g/mol. The molecule has 1 aromatic heterocycles. The van der Waals surface area contributed by atoms with Crippen LogP contribution in [0.3, 0.4) is 0 Å². The molecule has 0 aliphatic rings. The summed E-state index contributed by atoms with van der Waals surface area (Å²) < 4.78 is 0. The summed E-state index contributed by atoms with van der Waals surface area (Å²) in [4.78, 5) is 11.0. The SMILES string of the molecule is CCC(C)(C)c1ccc(Nc2cc(=O)[nH][nH]2)cc1. The molecule has 0 spiro atoms. The van der Waals surface area contributed by atoms with Crippen molar-refractivity contribution in [1.29, 1.82) is 0 Å². The Hall–Kier alpha value is -1.97. The average molecular weight is 245 g/mol. The van der Waals surface area contributed by atoms with Gasteiger partial charge in [0.1, 0.15) is 5.82 Å². The predicted octanol–water partition coefficient (Wildman–Crippen LogP) is 3.13. The Morgan fingerprint density at radius 1 is 1.17 bits per heavy atom. The number of aromatic amines is 2. The Balaban J connectivity index is 2.15. The molecule has 0 aliphatic carbocycles. The minimum Gasteiger partial charge on any atom is -0.341 e. The van der Waals surface area contributed by atoms with Crippen LogP contribution in [0.15, 0.2) is 35.1 Å². The Bertz CT molecular complexity index is 563. The van der Waals surface area contributed by atoms with E-state index in [1.165, 1.54) is 11.6 Å². The van der Waals surface area contributed by atoms with Crippen molar-refractivity contribution in [1.82, 2.24) is 10.2 Å². The zero-order valence-corrected chi connectivity index (χ0v) is 11.0. The molecule has 0 unspecified atom stereocenters. The number of nitrogens with one attached hydrogen (secondary N) is 3. The molecular formula is C14H19N3O. The number of H-pyrrole nitrogens is 2. The quantitative estimate of drug-likeness (QED) is 0.775. The molecule has 18 heavy (non-hydrogen) atoms. The highest BCUT2D eigenvalue weighted by Gasteiger charge is 2.17. The third-order valence-electron chi connectivity index (χ3n) is 3.43. The van der Waals surface area contributed by atoms with E-state index in [-0.39, 0.29) is 11.0 Å². The highest BCUT2D eigenvalue weighted by atomic mass is 16.1. The molecule has 2 aromatic rings. The maximum absolute atomic E-state index is 11.0. The summed E-state index contributed by atoms with van der Waals surface area (Å²) in [5.74, 6) is 0.669. The van der Waals surface area contributed by atoms with E-state index in [9.17, 15) is 4.79 Å². The summed E-state index contributed by atoms with van der Waals surface area (Å²) in [7, 11) is 0. The Labute approximate surface area is 106 Å². The van der Waals surface area contributed by atoms with Gasteiger partial charge in [0.05, 0.1) is 0 Å². The number of hydrogen-bond acceptors (Lipinski definition) is 2. The van der Waals surface area contributed by atoms with E-state index >= 15 is 0 Å². The largest absolute Gasteiger partial charge is 0.341 e. The Morgan fingerprint density at radius 2 is 1.83 bits per heavy atom. The van der Waals surface area contributed by atoms with Crippen molar-refractivity contribution in [2.45, 2.75) is 32.6 Å². The van der Waals surface area contributed by atoms with Gasteiger partial charge >= 0.3 is 0 Å². The molecule has 4 nitrogen and oxygen atoms in total. The summed E-state index contributed by atoms with van der Waals surface area (Å²) in [5.41, 5.74) is 2.33. The van der Waals surface area contributed by atoms with Gasteiger partial charge in [-0.05, 0) is 29.5 Å². The summed E-state index contributed by atoms with van der Waals surface area (Å²) in [5, 5.41) is 8.39. The third kappa shape index (κ3) is 2.64. The van der Waals surface area contributed by atoms with Crippen molar-refractivity contribution in [2.75, 3.05) is 5.32 Å². The van der Waals surface area contributed by atoms with E-state index in [1.54, 1.807) is 0 Å². The van der Waals surface area contributed by atoms with Crippen molar-refractivity contribution in [3.8, 4) is 0 Å². The van der Waals surface area contributed by atoms with Crippen molar-refractivity contribution >= 4 is 11.5 Å². The summed E-state index contributed by atoms with van der Waals surface area (Å²) in [6.07, 6.45) is 1.10. The van der Waals surface area contributed by atoms with Gasteiger partial charge in [0.15, 0.2) is 0 Å². The molecule has 0 amide bonds. The number of benzene rings is 1. The van der Waals surface area contributed by atoms with Gasteiger partial charge < -0.3 is 5.32 Å². The topological polar surface area (TPSA) is 60.7 Å². The van der Waals surface area contributed by atoms with Crippen LogP contribution < -0.4 is 10.9 Å². The van der Waals surface area contributed by atoms with Crippen molar-refractivity contribution in [3.63, 3.8) is 0 Å². The molecule has 0 aliphatic heterocycles. The van der Waals surface area contributed by atoms with Crippen molar-refractivity contribution in [3.05, 3.63) is 46.2 Å². The molecule has 2 rings (SSSR count). The zero-order valence-electron chi connectivity index (χ0n) is 11.0. The average Bonchev–Trinajstić information content (AvgIpc) is 2.75. The minimum absolute atomic E-state index is 0.138. The van der Waals surface area contributed by atoms with Gasteiger partial charge in [-0.1, -0.05) is 32.9 Å². The van der Waals surface area contributed by atoms with Crippen molar-refractivity contribution in [2.24, 2.45) is 0 Å². The fourth-order valence-electron chi connectivity index (χ4n) is 1.76. The molecule has 0 saturated carbocycles. The molecule has 0 bridgehead atoms. The van der Waals surface area contributed by atoms with Gasteiger partial charge in [-0.15, -0.1) is 0 Å². The van der Waals surface area contributed by atoms with Crippen LogP contribution in [0.5, 0.6) is 0 Å². The maximum atomic E-state index is 11.0. The third-order valence-corrected chi connectivity index (χ3v) is 3.43. The van der Waals surface area contributed by atoms with Crippen LogP contribution in [0.4, 0.5) is 11.5 Å². The molecule has 4 heteroatoms. The lowest BCUT2D eigenvalue weighted by Crippen LogP contribution is -2.15. The van der Waals surface area contributed by atoms with E-state index in [4.69, 9.17) is 0 Å². The predicted molar refractivity (Wildman–Crippen MR) is 74.5 cm³/mol. The van der Waals surface area contributed by atoms with Gasteiger partial charge in [-0.25, -0.2) is 0 Å². The maximum Gasteiger partial charge on any atom is 0.266 e. The van der Waals surface area contributed by atoms with Crippen LogP contribution in [-0.4, -0.2) is 10.2 Å². The van der Waals surface area contributed by atoms with E-state index in [1.807, 2.05) is 12.1 Å². The molecule has 1 aromatic carbocycles. The fraction of sp³-hybridized carbons (Fsp3) is 0.357. The van der Waals surface area contributed by atoms with E-state index in [0.717, 1.165) is 12.1 Å². The molecule has 1 heterocycles. The highest BCUT2D eigenvalue weighted by molar-refractivity contribution is 5.56. The first-order valence-corrected chi connectivity index (χ1v) is 6.16. The molecule has 0 saturated heterocycles. The fourth-order valence-corrected chi connectivity index (χ4v) is 1.76. The molecule has 0 radical (unpaired) electrons. The first-order valence-electron chi connectivity index (χ1n) is 6.16. The molecule has 3 N–H and O–H groups in total. The van der Waals surface area contributed by atoms with Gasteiger partial charge in [-0.2, -0.15) is 0 Å². The van der Waals surface area contributed by atoms with Crippen LogP contribution in [0.25, 0.3) is 0 Å². The lowest BCUT2D eigenvalue weighted by Gasteiger charge is -2.23. The first kappa shape index (κ1) is 12.5. The number of aromatic nitrogens is 2. The van der Waals surface area contributed by atoms with Gasteiger partial charge in [-0.3, -0.25) is 15.0 Å². The Morgan fingerprint density at radius 3 is 2.33 bits per heavy atom. The molecule has 0 atom stereocenters. The second kappa shape index (κ2) is 4.72. The smallest absolute Gasteiger partial charge is 0.266 e. The van der Waals surface area contributed by atoms with E-state index in [2.05, 4.69) is 48.4 Å². The van der Waals surface area contributed by atoms with Crippen LogP contribution in [0.1, 0.15) is 32.8 Å². The zero-order chi connectivity index (χ0) is 13.2. The van der Waals surface area contributed by atoms with Crippen LogP contribution in [-0.2, 0) is 5.41 Å². The van der Waals surface area contributed by atoms with Crippen LogP contribution in [0, 0.1) is 0 Å². The number of rotatable bonds is 4. The second-order valence-electron chi connectivity index (χ2n) is 5.11. The summed E-state index contributed by atoms with van der Waals surface area (Å²) >= 11 is 0. The van der Waals surface area contributed by atoms with Gasteiger partial charge in [0.25, 0.3) is 5.56 Å².